The van der Waals surface area contributed by atoms with E-state index in [9.17, 15) is 13.5 Å². The molecule has 0 aromatic rings. The fourth-order valence-electron chi connectivity index (χ4n) is 1.33. The second-order valence-corrected chi connectivity index (χ2v) is 6.79. The van der Waals surface area contributed by atoms with E-state index in [4.69, 9.17) is 0 Å². The zero-order chi connectivity index (χ0) is 11.2. The lowest BCUT2D eigenvalue weighted by atomic mass is 10.0. The minimum Gasteiger partial charge on any atom is -0.387 e. The minimum atomic E-state index is -3.43. The minimum absolute atomic E-state index is 0.165. The van der Waals surface area contributed by atoms with E-state index in [1.54, 1.807) is 27.7 Å². The highest BCUT2D eigenvalue weighted by molar-refractivity contribution is 7.87. The molecule has 1 heterocycles. The van der Waals surface area contributed by atoms with E-state index in [-0.39, 0.29) is 13.1 Å². The topological polar surface area (TPSA) is 69.6 Å². The Bertz CT molecular complexity index is 308. The maximum atomic E-state index is 11.6. The van der Waals surface area contributed by atoms with Gasteiger partial charge in [-0.3, -0.25) is 0 Å². The summed E-state index contributed by atoms with van der Waals surface area (Å²) in [5, 5.41) is 9.41. The van der Waals surface area contributed by atoms with Crippen LogP contribution in [0.15, 0.2) is 0 Å². The van der Waals surface area contributed by atoms with Crippen LogP contribution in [0.4, 0.5) is 0 Å². The molecule has 0 radical (unpaired) electrons. The molecule has 0 aromatic carbocycles. The highest BCUT2D eigenvalue weighted by atomic mass is 32.2. The van der Waals surface area contributed by atoms with Crippen LogP contribution in [-0.2, 0) is 10.2 Å². The second-order valence-electron chi connectivity index (χ2n) is 5.12. The summed E-state index contributed by atoms with van der Waals surface area (Å²) < 4.78 is 27.0. The number of nitrogens with zero attached hydrogens (tertiary/aromatic N) is 1. The van der Waals surface area contributed by atoms with Crippen molar-refractivity contribution in [3.8, 4) is 0 Å². The van der Waals surface area contributed by atoms with Crippen LogP contribution >= 0.6 is 0 Å². The first-order valence-corrected chi connectivity index (χ1v) is 5.97. The molecule has 0 aliphatic carbocycles. The van der Waals surface area contributed by atoms with Gasteiger partial charge in [-0.15, -0.1) is 0 Å². The number of hydrogen-bond donors (Lipinski definition) is 2. The Morgan fingerprint density at radius 3 is 2.07 bits per heavy atom. The molecule has 84 valence electrons. The predicted molar refractivity (Wildman–Crippen MR) is 54.0 cm³/mol. The maximum absolute atomic E-state index is 11.6. The van der Waals surface area contributed by atoms with Gasteiger partial charge in [-0.1, -0.05) is 0 Å². The first-order chi connectivity index (χ1) is 6.02. The van der Waals surface area contributed by atoms with Gasteiger partial charge in [-0.05, 0) is 27.7 Å². The van der Waals surface area contributed by atoms with E-state index in [2.05, 4.69) is 4.72 Å². The molecule has 6 heteroatoms. The van der Waals surface area contributed by atoms with Crippen LogP contribution in [-0.4, -0.2) is 42.1 Å². The van der Waals surface area contributed by atoms with E-state index < -0.39 is 21.3 Å². The molecule has 0 saturated carbocycles. The van der Waals surface area contributed by atoms with Crippen molar-refractivity contribution >= 4 is 10.2 Å². The molecule has 0 unspecified atom stereocenters. The average molecular weight is 222 g/mol. The Morgan fingerprint density at radius 2 is 1.79 bits per heavy atom. The van der Waals surface area contributed by atoms with Crippen LogP contribution in [0, 0.1) is 0 Å². The van der Waals surface area contributed by atoms with Gasteiger partial charge in [0, 0.05) is 18.6 Å². The number of aliphatic hydroxyl groups is 1. The van der Waals surface area contributed by atoms with E-state index in [0.717, 1.165) is 0 Å². The van der Waals surface area contributed by atoms with Crippen molar-refractivity contribution in [2.24, 2.45) is 0 Å². The molecule has 1 fully saturated rings. The van der Waals surface area contributed by atoms with Crippen LogP contribution in [0.1, 0.15) is 27.7 Å². The Labute approximate surface area is 85.3 Å². The summed E-state index contributed by atoms with van der Waals surface area (Å²) in [4.78, 5) is 0. The van der Waals surface area contributed by atoms with Gasteiger partial charge >= 0.3 is 0 Å². The normalized spacial score (nSPS) is 23.2. The molecule has 0 bridgehead atoms. The van der Waals surface area contributed by atoms with Crippen LogP contribution in [0.3, 0.4) is 0 Å². The van der Waals surface area contributed by atoms with Gasteiger partial charge in [0.2, 0.25) is 0 Å². The fraction of sp³-hybridized carbons (Fsp3) is 1.00. The van der Waals surface area contributed by atoms with E-state index in [1.165, 1.54) is 4.31 Å². The molecule has 1 aliphatic rings. The Morgan fingerprint density at radius 1 is 1.36 bits per heavy atom. The van der Waals surface area contributed by atoms with Crippen molar-refractivity contribution in [1.82, 2.24) is 9.03 Å². The van der Waals surface area contributed by atoms with Crippen molar-refractivity contribution in [3.63, 3.8) is 0 Å². The molecule has 5 nitrogen and oxygen atoms in total. The summed E-state index contributed by atoms with van der Waals surface area (Å²) >= 11 is 0. The lowest BCUT2D eigenvalue weighted by molar-refractivity contribution is -0.0434. The smallest absolute Gasteiger partial charge is 0.280 e. The fourth-order valence-corrected chi connectivity index (χ4v) is 3.13. The predicted octanol–water partition coefficient (Wildman–Crippen LogP) is -0.314. The molecule has 0 spiro atoms. The highest BCUT2D eigenvalue weighted by Gasteiger charge is 2.44. The van der Waals surface area contributed by atoms with Crippen LogP contribution in [0.2, 0.25) is 0 Å². The van der Waals surface area contributed by atoms with Gasteiger partial charge in [0.15, 0.2) is 0 Å². The largest absolute Gasteiger partial charge is 0.387 e. The molecule has 1 rings (SSSR count). The lowest BCUT2D eigenvalue weighted by Crippen LogP contribution is -2.65. The summed E-state index contributed by atoms with van der Waals surface area (Å²) in [6, 6.07) is 0. The van der Waals surface area contributed by atoms with Crippen LogP contribution in [0.25, 0.3) is 0 Å². The molecule has 1 saturated heterocycles. The quantitative estimate of drug-likeness (QED) is 0.673. The van der Waals surface area contributed by atoms with Gasteiger partial charge in [0.05, 0.1) is 5.60 Å². The first-order valence-electron chi connectivity index (χ1n) is 4.53. The van der Waals surface area contributed by atoms with Crippen LogP contribution in [0.5, 0.6) is 0 Å². The van der Waals surface area contributed by atoms with Gasteiger partial charge in [0.1, 0.15) is 0 Å². The third kappa shape index (κ3) is 2.91. The maximum Gasteiger partial charge on any atom is 0.280 e. The zero-order valence-corrected chi connectivity index (χ0v) is 9.85. The molecule has 2 N–H and O–H groups in total. The van der Waals surface area contributed by atoms with Crippen molar-refractivity contribution in [2.45, 2.75) is 38.8 Å². The summed E-state index contributed by atoms with van der Waals surface area (Å²) in [5.41, 5.74) is -1.35. The van der Waals surface area contributed by atoms with E-state index >= 15 is 0 Å². The summed E-state index contributed by atoms with van der Waals surface area (Å²) in [6.45, 7) is 7.29. The first kappa shape index (κ1) is 11.9. The standard InChI is InChI=1S/C8H18N2O3S/c1-7(2,3)9-14(12,13)10-5-8(4,11)6-10/h9,11H,5-6H2,1-4H3. The molecule has 1 aliphatic heterocycles. The molecule has 0 amide bonds. The van der Waals surface area contributed by atoms with Crippen LogP contribution < -0.4 is 4.72 Å². The van der Waals surface area contributed by atoms with Gasteiger partial charge < -0.3 is 5.11 Å². The van der Waals surface area contributed by atoms with E-state index in [0.29, 0.717) is 0 Å². The summed E-state index contributed by atoms with van der Waals surface area (Å²) in [6.07, 6.45) is 0. The number of rotatable bonds is 2. The van der Waals surface area contributed by atoms with Crippen molar-refractivity contribution in [1.29, 1.82) is 0 Å². The van der Waals surface area contributed by atoms with Crippen molar-refractivity contribution in [3.05, 3.63) is 0 Å². The highest BCUT2D eigenvalue weighted by Crippen LogP contribution is 2.23. The SMILES string of the molecule is CC1(O)CN(S(=O)(=O)NC(C)(C)C)C1. The summed E-state index contributed by atoms with van der Waals surface area (Å²) in [7, 11) is -3.43. The monoisotopic (exact) mass is 222 g/mol. The van der Waals surface area contributed by atoms with Gasteiger partial charge in [-0.2, -0.15) is 17.4 Å². The zero-order valence-electron chi connectivity index (χ0n) is 9.03. The average Bonchev–Trinajstić information content (AvgIpc) is 1.76. The third-order valence-electron chi connectivity index (χ3n) is 1.81. The number of nitrogens with one attached hydrogen (secondary N) is 1. The van der Waals surface area contributed by atoms with Crippen molar-refractivity contribution in [2.75, 3.05) is 13.1 Å². The number of hydrogen-bond acceptors (Lipinski definition) is 3. The molecular formula is C8H18N2O3S. The Balaban J connectivity index is 2.62. The Kier molecular flexibility index (Phi) is 2.69. The number of β-amino-alcohol motifs (C(OH)–C–C–N with tert-alkyl or cyclic N) is 1. The molecule has 0 aromatic heterocycles. The Hall–Kier alpha value is -0.170. The second kappa shape index (κ2) is 3.16. The van der Waals surface area contributed by atoms with Gasteiger partial charge in [-0.25, -0.2) is 0 Å². The molecule has 0 atom stereocenters. The van der Waals surface area contributed by atoms with E-state index in [1.807, 2.05) is 0 Å². The third-order valence-corrected chi connectivity index (χ3v) is 3.62. The van der Waals surface area contributed by atoms with Gasteiger partial charge in [0.25, 0.3) is 10.2 Å². The molecule has 14 heavy (non-hydrogen) atoms. The van der Waals surface area contributed by atoms with Crippen molar-refractivity contribution < 1.29 is 13.5 Å². The summed E-state index contributed by atoms with van der Waals surface area (Å²) in [5.74, 6) is 0. The molecular weight excluding hydrogens is 204 g/mol. The lowest BCUT2D eigenvalue weighted by Gasteiger charge is -2.43.